The summed E-state index contributed by atoms with van der Waals surface area (Å²) in [5.74, 6) is 0. The first-order chi connectivity index (χ1) is 7.25. The maximum Gasteiger partial charge on any atom is 0.0237 e. The summed E-state index contributed by atoms with van der Waals surface area (Å²) in [4.78, 5) is 2.55. The van der Waals surface area contributed by atoms with Gasteiger partial charge in [-0.3, -0.25) is 4.90 Å². The van der Waals surface area contributed by atoms with Gasteiger partial charge in [0, 0.05) is 31.7 Å². The van der Waals surface area contributed by atoms with Crippen molar-refractivity contribution in [2.24, 2.45) is 0 Å². The molecule has 2 atom stereocenters. The number of piperazine rings is 1. The van der Waals surface area contributed by atoms with Crippen molar-refractivity contribution in [3.8, 4) is 0 Å². The third kappa shape index (κ3) is 2.80. The zero-order valence-electron chi connectivity index (χ0n) is 9.61. The fourth-order valence-electron chi connectivity index (χ4n) is 2.14. The quantitative estimate of drug-likeness (QED) is 0.791. The first-order valence-corrected chi connectivity index (χ1v) is 5.77. The number of benzene rings is 1. The summed E-state index contributed by atoms with van der Waals surface area (Å²) in [6.45, 7) is 7.88. The SMILES string of the molecule is C[C@@H]1CN(Cc2ccccc2)[C@H](C)CN1. The Labute approximate surface area is 92.3 Å². The molecule has 1 aromatic rings. The Balaban J connectivity index is 1.98. The molecule has 0 saturated carbocycles. The topological polar surface area (TPSA) is 15.3 Å². The average Bonchev–Trinajstić information content (AvgIpc) is 2.25. The fourth-order valence-corrected chi connectivity index (χ4v) is 2.14. The molecule has 1 aliphatic heterocycles. The molecule has 1 fully saturated rings. The van der Waals surface area contributed by atoms with Crippen LogP contribution >= 0.6 is 0 Å². The normalized spacial score (nSPS) is 27.9. The second-order valence-electron chi connectivity index (χ2n) is 4.57. The highest BCUT2D eigenvalue weighted by Gasteiger charge is 2.21. The summed E-state index contributed by atoms with van der Waals surface area (Å²) in [5, 5.41) is 3.51. The number of nitrogens with zero attached hydrogens (tertiary/aromatic N) is 1. The Kier molecular flexibility index (Phi) is 3.39. The first-order valence-electron chi connectivity index (χ1n) is 5.77. The lowest BCUT2D eigenvalue weighted by atomic mass is 10.1. The van der Waals surface area contributed by atoms with Crippen molar-refractivity contribution in [2.45, 2.75) is 32.5 Å². The Morgan fingerprint density at radius 1 is 1.27 bits per heavy atom. The Hall–Kier alpha value is -0.860. The van der Waals surface area contributed by atoms with Crippen molar-refractivity contribution in [1.82, 2.24) is 10.2 Å². The minimum Gasteiger partial charge on any atom is -0.311 e. The summed E-state index contributed by atoms with van der Waals surface area (Å²) in [6, 6.07) is 12.0. The molecule has 0 aliphatic carbocycles. The lowest BCUT2D eigenvalue weighted by Gasteiger charge is -2.37. The standard InChI is InChI=1S/C13H20N2/c1-11-9-15(12(2)8-14-11)10-13-6-4-3-5-7-13/h3-7,11-12,14H,8-10H2,1-2H3/t11-,12-/m1/s1. The van der Waals surface area contributed by atoms with E-state index in [1.54, 1.807) is 0 Å². The molecule has 1 saturated heterocycles. The smallest absolute Gasteiger partial charge is 0.0237 e. The molecule has 1 heterocycles. The van der Waals surface area contributed by atoms with E-state index in [2.05, 4.69) is 54.4 Å². The van der Waals surface area contributed by atoms with Crippen molar-refractivity contribution in [3.63, 3.8) is 0 Å². The van der Waals surface area contributed by atoms with E-state index in [-0.39, 0.29) is 0 Å². The van der Waals surface area contributed by atoms with Crippen LogP contribution in [0.5, 0.6) is 0 Å². The molecule has 82 valence electrons. The van der Waals surface area contributed by atoms with Crippen LogP contribution in [0.4, 0.5) is 0 Å². The van der Waals surface area contributed by atoms with Gasteiger partial charge in [-0.05, 0) is 19.4 Å². The van der Waals surface area contributed by atoms with Gasteiger partial charge in [0.2, 0.25) is 0 Å². The maximum absolute atomic E-state index is 3.51. The molecule has 2 rings (SSSR count). The van der Waals surface area contributed by atoms with Gasteiger partial charge in [0.1, 0.15) is 0 Å². The predicted molar refractivity (Wildman–Crippen MR) is 63.8 cm³/mol. The van der Waals surface area contributed by atoms with E-state index in [4.69, 9.17) is 0 Å². The average molecular weight is 204 g/mol. The van der Waals surface area contributed by atoms with Gasteiger partial charge < -0.3 is 5.32 Å². The molecule has 2 heteroatoms. The van der Waals surface area contributed by atoms with Crippen LogP contribution in [0, 0.1) is 0 Å². The maximum atomic E-state index is 3.51. The van der Waals surface area contributed by atoms with Gasteiger partial charge in [-0.25, -0.2) is 0 Å². The van der Waals surface area contributed by atoms with Gasteiger partial charge in [0.05, 0.1) is 0 Å². The van der Waals surface area contributed by atoms with E-state index in [0.29, 0.717) is 12.1 Å². The molecule has 1 N–H and O–H groups in total. The Morgan fingerprint density at radius 2 is 2.00 bits per heavy atom. The van der Waals surface area contributed by atoms with Crippen molar-refractivity contribution >= 4 is 0 Å². The number of rotatable bonds is 2. The molecule has 0 amide bonds. The van der Waals surface area contributed by atoms with Crippen LogP contribution in [-0.2, 0) is 6.54 Å². The van der Waals surface area contributed by atoms with Crippen LogP contribution in [0.3, 0.4) is 0 Å². The second-order valence-corrected chi connectivity index (χ2v) is 4.57. The number of hydrogen-bond acceptors (Lipinski definition) is 2. The van der Waals surface area contributed by atoms with Gasteiger partial charge in [-0.2, -0.15) is 0 Å². The van der Waals surface area contributed by atoms with Gasteiger partial charge >= 0.3 is 0 Å². The summed E-state index contributed by atoms with van der Waals surface area (Å²) in [6.07, 6.45) is 0. The molecule has 15 heavy (non-hydrogen) atoms. The minimum atomic E-state index is 0.616. The first kappa shape index (κ1) is 10.7. The highest BCUT2D eigenvalue weighted by molar-refractivity contribution is 5.14. The van der Waals surface area contributed by atoms with E-state index >= 15 is 0 Å². The molecule has 2 nitrogen and oxygen atoms in total. The van der Waals surface area contributed by atoms with E-state index in [1.165, 1.54) is 5.56 Å². The largest absolute Gasteiger partial charge is 0.311 e. The zero-order valence-corrected chi connectivity index (χ0v) is 9.61. The Morgan fingerprint density at radius 3 is 2.73 bits per heavy atom. The van der Waals surface area contributed by atoms with Crippen LogP contribution in [-0.4, -0.2) is 30.1 Å². The summed E-state index contributed by atoms with van der Waals surface area (Å²) >= 11 is 0. The van der Waals surface area contributed by atoms with E-state index in [1.807, 2.05) is 0 Å². The molecule has 1 aromatic carbocycles. The second kappa shape index (κ2) is 4.77. The van der Waals surface area contributed by atoms with Gasteiger partial charge in [-0.1, -0.05) is 30.3 Å². The van der Waals surface area contributed by atoms with Crippen molar-refractivity contribution in [1.29, 1.82) is 0 Å². The molecule has 0 spiro atoms. The van der Waals surface area contributed by atoms with E-state index in [0.717, 1.165) is 19.6 Å². The third-order valence-corrected chi connectivity index (χ3v) is 3.12. The van der Waals surface area contributed by atoms with Gasteiger partial charge in [0.25, 0.3) is 0 Å². The van der Waals surface area contributed by atoms with Crippen molar-refractivity contribution in [3.05, 3.63) is 35.9 Å². The van der Waals surface area contributed by atoms with Crippen molar-refractivity contribution in [2.75, 3.05) is 13.1 Å². The van der Waals surface area contributed by atoms with Crippen LogP contribution in [0.25, 0.3) is 0 Å². The van der Waals surface area contributed by atoms with Gasteiger partial charge in [-0.15, -0.1) is 0 Å². The van der Waals surface area contributed by atoms with Gasteiger partial charge in [0.15, 0.2) is 0 Å². The molecule has 0 radical (unpaired) electrons. The fraction of sp³-hybridized carbons (Fsp3) is 0.538. The number of nitrogens with one attached hydrogen (secondary N) is 1. The van der Waals surface area contributed by atoms with E-state index < -0.39 is 0 Å². The van der Waals surface area contributed by atoms with E-state index in [9.17, 15) is 0 Å². The van der Waals surface area contributed by atoms with Crippen LogP contribution in [0.15, 0.2) is 30.3 Å². The molecule has 0 aromatic heterocycles. The molecule has 0 bridgehead atoms. The zero-order chi connectivity index (χ0) is 10.7. The van der Waals surface area contributed by atoms with Crippen molar-refractivity contribution < 1.29 is 0 Å². The summed E-state index contributed by atoms with van der Waals surface area (Å²) in [7, 11) is 0. The molecule has 0 unspecified atom stereocenters. The van der Waals surface area contributed by atoms with Crippen LogP contribution in [0.2, 0.25) is 0 Å². The van der Waals surface area contributed by atoms with Crippen LogP contribution < -0.4 is 5.32 Å². The van der Waals surface area contributed by atoms with Crippen LogP contribution in [0.1, 0.15) is 19.4 Å². The molecule has 1 aliphatic rings. The summed E-state index contributed by atoms with van der Waals surface area (Å²) < 4.78 is 0. The lowest BCUT2D eigenvalue weighted by Crippen LogP contribution is -2.53. The highest BCUT2D eigenvalue weighted by atomic mass is 15.2. The molecular weight excluding hydrogens is 184 g/mol. The summed E-state index contributed by atoms with van der Waals surface area (Å²) in [5.41, 5.74) is 1.42. The predicted octanol–water partition coefficient (Wildman–Crippen LogP) is 1.87. The highest BCUT2D eigenvalue weighted by Crippen LogP contribution is 2.11. The third-order valence-electron chi connectivity index (χ3n) is 3.12. The Bertz CT molecular complexity index is 297. The lowest BCUT2D eigenvalue weighted by molar-refractivity contribution is 0.139. The monoisotopic (exact) mass is 204 g/mol. The molecular formula is C13H20N2. The minimum absolute atomic E-state index is 0.616. The number of hydrogen-bond donors (Lipinski definition) is 1.